The van der Waals surface area contributed by atoms with Crippen LogP contribution >= 0.6 is 12.6 Å². The van der Waals surface area contributed by atoms with Gasteiger partial charge in [0, 0.05) is 37.0 Å². The quantitative estimate of drug-likeness (QED) is 0.0128. The summed E-state index contributed by atoms with van der Waals surface area (Å²) in [5.41, 5.74) is 22.8. The van der Waals surface area contributed by atoms with Crippen LogP contribution in [-0.4, -0.2) is 188 Å². The molecule has 0 saturated heterocycles. The SMILES string of the molecule is CC[C@H](C)[C@H](NC(=O)[C@@H](N)CC(C)C)C(=O)N[C@H](C(=O)N[C@@H](Cc1cnc[nH]1)C(=O)N[C@@H](CC(N)=O)C(=O)NCC(=O)N[C@@H](Cc1ccc(O)cc1)C(=O)N[C@@H](CS)C(=O)N[C@@H](CC(=O)O)C(=O)NCC(=O)N[C@@H](CCCN=C(N)N)C(=O)O)C(C)C. The highest BCUT2D eigenvalue weighted by atomic mass is 32.1. The Bertz CT molecular complexity index is 2730. The number of aromatic hydroxyl groups is 1. The van der Waals surface area contributed by atoms with E-state index in [2.05, 4.69) is 80.8 Å². The van der Waals surface area contributed by atoms with Crippen LogP contribution in [0.5, 0.6) is 5.75 Å². The predicted octanol–water partition coefficient (Wildman–Crippen LogP) is -5.50. The van der Waals surface area contributed by atoms with Crippen molar-refractivity contribution in [1.82, 2.24) is 63.1 Å². The molecule has 0 saturated carbocycles. The molecule has 10 atom stereocenters. The van der Waals surface area contributed by atoms with Crippen LogP contribution in [0.2, 0.25) is 0 Å². The highest BCUT2D eigenvalue weighted by molar-refractivity contribution is 7.80. The molecule has 0 fully saturated rings. The van der Waals surface area contributed by atoms with Crippen molar-refractivity contribution in [1.29, 1.82) is 0 Å². The predicted molar refractivity (Wildman–Crippen MR) is 315 cm³/mol. The molecule has 1 aromatic heterocycles. The number of primary amides is 1. The lowest BCUT2D eigenvalue weighted by Gasteiger charge is -2.30. The van der Waals surface area contributed by atoms with E-state index in [1.165, 1.54) is 36.8 Å². The molecule has 34 heteroatoms. The number of hydrogen-bond acceptors (Lipinski definition) is 18. The second-order valence-electron chi connectivity index (χ2n) is 21.1. The van der Waals surface area contributed by atoms with Gasteiger partial charge in [-0.2, -0.15) is 12.6 Å². The van der Waals surface area contributed by atoms with Gasteiger partial charge >= 0.3 is 11.9 Å². The van der Waals surface area contributed by atoms with Gasteiger partial charge in [-0.3, -0.25) is 62.5 Å². The van der Waals surface area contributed by atoms with Crippen molar-refractivity contribution in [3.8, 4) is 5.75 Å². The number of carbonyl (C=O) groups excluding carboxylic acids is 11. The standard InChI is InChI=1S/C53H83N17O16S/c1-7-27(6)43(70-44(77)31(54)15-25(2)3)51(84)69-42(26(4)5)50(83)67-34(17-29-20-58-24-62-29)48(81)65-35(18-38(55)72)45(78)60-22-40(74)64-33(16-28-10-12-30(71)13-11-28)47(80)68-37(23-87)49(82)66-36(19-41(75)76)46(79)61-21-39(73)63-32(52(85)86)9-8-14-59-53(56)57/h10-13,20,24-27,31-37,42-43,71,87H,7-9,14-19,21-23,54H2,1-6H3,(H2,55,72)(H,58,62)(H,60,78)(H,61,79)(H,63,73)(H,64,74)(H,65,81)(H,66,82)(H,67,83)(H,68,80)(H,69,84)(H,70,77)(H,75,76)(H,85,86)(H4,56,57,59)/t27-,31-,32-,33-,34-,35-,36-,37-,42-,43-/m0/s1. The minimum Gasteiger partial charge on any atom is -0.508 e. The molecule has 11 amide bonds. The number of aromatic amines is 1. The first-order chi connectivity index (χ1) is 40.8. The highest BCUT2D eigenvalue weighted by Crippen LogP contribution is 2.15. The largest absolute Gasteiger partial charge is 0.508 e. The molecule has 0 aliphatic heterocycles. The molecule has 0 bridgehead atoms. The van der Waals surface area contributed by atoms with Gasteiger partial charge in [0.25, 0.3) is 0 Å². The Balaban J connectivity index is 2.30. The number of benzene rings is 1. The number of nitrogens with zero attached hydrogens (tertiary/aromatic N) is 2. The van der Waals surface area contributed by atoms with Gasteiger partial charge in [0.15, 0.2) is 5.96 Å². The minimum atomic E-state index is -1.87. The smallest absolute Gasteiger partial charge is 0.326 e. The Hall–Kier alpha value is -9.08. The summed E-state index contributed by atoms with van der Waals surface area (Å²) in [4.78, 5) is 182. The van der Waals surface area contributed by atoms with Gasteiger partial charge in [0.2, 0.25) is 65.0 Å². The Morgan fingerprint density at radius 1 is 0.621 bits per heavy atom. The molecule has 0 spiro atoms. The van der Waals surface area contributed by atoms with E-state index in [4.69, 9.17) is 22.9 Å². The van der Waals surface area contributed by atoms with Gasteiger partial charge in [-0.05, 0) is 54.7 Å². The van der Waals surface area contributed by atoms with Gasteiger partial charge in [-0.25, -0.2) is 9.78 Å². The van der Waals surface area contributed by atoms with Gasteiger partial charge in [-0.1, -0.05) is 60.1 Å². The molecule has 0 unspecified atom stereocenters. The van der Waals surface area contributed by atoms with E-state index >= 15 is 0 Å². The molecule has 22 N–H and O–H groups in total. The fourth-order valence-electron chi connectivity index (χ4n) is 8.16. The summed E-state index contributed by atoms with van der Waals surface area (Å²) >= 11 is 4.12. The topological polar surface area (TPSA) is 548 Å². The second-order valence-corrected chi connectivity index (χ2v) is 21.5. The number of aliphatic carboxylic acids is 2. The number of phenolic OH excluding ortho intramolecular Hbond substituents is 1. The Morgan fingerprint density at radius 2 is 1.13 bits per heavy atom. The van der Waals surface area contributed by atoms with Crippen LogP contribution in [0.15, 0.2) is 41.8 Å². The number of carboxylic acids is 2. The maximum atomic E-state index is 14.1. The van der Waals surface area contributed by atoms with Gasteiger partial charge < -0.3 is 96.4 Å². The molecule has 0 radical (unpaired) electrons. The number of guanidine groups is 1. The van der Waals surface area contributed by atoms with Crippen LogP contribution < -0.4 is 76.1 Å². The van der Waals surface area contributed by atoms with Crippen molar-refractivity contribution >= 4 is 95.5 Å². The lowest BCUT2D eigenvalue weighted by Crippen LogP contribution is -2.61. The monoisotopic (exact) mass is 1250 g/mol. The number of nitrogens with one attached hydrogen (secondary N) is 11. The lowest BCUT2D eigenvalue weighted by atomic mass is 9.95. The zero-order valence-electron chi connectivity index (χ0n) is 49.2. The number of carbonyl (C=O) groups is 13. The second kappa shape index (κ2) is 37.4. The molecule has 482 valence electrons. The number of amides is 11. The van der Waals surface area contributed by atoms with Crippen LogP contribution in [0.25, 0.3) is 0 Å². The number of carboxylic acid groups (broad SMARTS) is 2. The molecular weight excluding hydrogens is 1160 g/mol. The van der Waals surface area contributed by atoms with E-state index in [0.29, 0.717) is 24.1 Å². The number of rotatable bonds is 39. The number of H-pyrrole nitrogens is 1. The third-order valence-corrected chi connectivity index (χ3v) is 13.4. The minimum absolute atomic E-state index is 0.0541. The summed E-state index contributed by atoms with van der Waals surface area (Å²) in [5.74, 6) is -15.6. The van der Waals surface area contributed by atoms with Crippen molar-refractivity contribution < 1.29 is 77.6 Å². The van der Waals surface area contributed by atoms with Gasteiger partial charge in [-0.15, -0.1) is 0 Å². The summed E-state index contributed by atoms with van der Waals surface area (Å²) in [6, 6.07) is -7.80. The molecular formula is C53H83N17O16S. The van der Waals surface area contributed by atoms with Crippen molar-refractivity contribution in [2.75, 3.05) is 25.4 Å². The molecule has 0 aliphatic rings. The van der Waals surface area contributed by atoms with Crippen LogP contribution in [0, 0.1) is 17.8 Å². The normalized spacial score (nSPS) is 14.5. The number of aliphatic imine (C=N–C) groups is 1. The zero-order chi connectivity index (χ0) is 65.7. The van der Waals surface area contributed by atoms with Gasteiger partial charge in [0.05, 0.1) is 38.3 Å². The van der Waals surface area contributed by atoms with Crippen LogP contribution in [-0.2, 0) is 75.2 Å². The Kier molecular flexibility index (Phi) is 31.8. The van der Waals surface area contributed by atoms with E-state index in [1.54, 1.807) is 20.8 Å². The third kappa shape index (κ3) is 27.7. The summed E-state index contributed by atoms with van der Waals surface area (Å²) < 4.78 is 0. The summed E-state index contributed by atoms with van der Waals surface area (Å²) in [5, 5.41) is 52.8. The molecule has 1 heterocycles. The van der Waals surface area contributed by atoms with Crippen molar-refractivity contribution in [3.63, 3.8) is 0 Å². The number of thiol groups is 1. The van der Waals surface area contributed by atoms with Crippen molar-refractivity contribution in [2.45, 2.75) is 147 Å². The Morgan fingerprint density at radius 3 is 1.61 bits per heavy atom. The fraction of sp³-hybridized carbons (Fsp3) is 0.566. The van der Waals surface area contributed by atoms with E-state index < -0.39 is 175 Å². The van der Waals surface area contributed by atoms with Crippen LogP contribution in [0.1, 0.15) is 91.3 Å². The first-order valence-electron chi connectivity index (χ1n) is 27.7. The number of imidazole rings is 1. The van der Waals surface area contributed by atoms with E-state index in [9.17, 15) is 77.6 Å². The highest BCUT2D eigenvalue weighted by Gasteiger charge is 2.36. The molecule has 2 rings (SSSR count). The van der Waals surface area contributed by atoms with Gasteiger partial charge in [0.1, 0.15) is 54.1 Å². The third-order valence-electron chi connectivity index (χ3n) is 13.0. The molecule has 87 heavy (non-hydrogen) atoms. The van der Waals surface area contributed by atoms with Crippen molar-refractivity contribution in [2.24, 2.45) is 45.7 Å². The van der Waals surface area contributed by atoms with Crippen molar-refractivity contribution in [3.05, 3.63) is 48.0 Å². The number of hydrogen-bond donors (Lipinski definition) is 19. The summed E-state index contributed by atoms with van der Waals surface area (Å²) in [6.07, 6.45) is 1.02. The number of aromatic nitrogens is 2. The fourth-order valence-corrected chi connectivity index (χ4v) is 8.41. The zero-order valence-corrected chi connectivity index (χ0v) is 50.1. The molecule has 0 aliphatic carbocycles. The molecule has 33 nitrogen and oxygen atoms in total. The first-order valence-corrected chi connectivity index (χ1v) is 28.3. The number of phenols is 1. The van der Waals surface area contributed by atoms with Crippen LogP contribution in [0.4, 0.5) is 0 Å². The van der Waals surface area contributed by atoms with E-state index in [0.717, 1.165) is 0 Å². The first kappa shape index (κ1) is 74.0. The van der Waals surface area contributed by atoms with E-state index in [1.807, 2.05) is 20.8 Å². The average Bonchev–Trinajstić information content (AvgIpc) is 4.02. The summed E-state index contributed by atoms with van der Waals surface area (Å²) in [7, 11) is 0. The lowest BCUT2D eigenvalue weighted by molar-refractivity contribution is -0.142. The Labute approximate surface area is 506 Å². The average molecular weight is 1250 g/mol. The maximum absolute atomic E-state index is 14.1. The summed E-state index contributed by atoms with van der Waals surface area (Å²) in [6.45, 7) is 8.84. The maximum Gasteiger partial charge on any atom is 0.326 e. The number of nitrogens with two attached hydrogens (primary N) is 4. The van der Waals surface area contributed by atoms with Crippen LogP contribution in [0.3, 0.4) is 0 Å². The van der Waals surface area contributed by atoms with E-state index in [-0.39, 0.29) is 49.9 Å². The molecule has 2 aromatic rings. The molecule has 1 aromatic carbocycles.